The second kappa shape index (κ2) is 7.23. The Morgan fingerprint density at radius 3 is 3.04 bits per heavy atom. The summed E-state index contributed by atoms with van der Waals surface area (Å²) in [5.74, 6) is 0.510. The number of carbonyl (C=O) groups is 1. The third-order valence-corrected chi connectivity index (χ3v) is 4.53. The summed E-state index contributed by atoms with van der Waals surface area (Å²) in [4.78, 5) is 18.6. The first-order chi connectivity index (χ1) is 12.0. The summed E-state index contributed by atoms with van der Waals surface area (Å²) >= 11 is 0. The molecule has 7 nitrogen and oxygen atoms in total. The van der Waals surface area contributed by atoms with Crippen molar-refractivity contribution < 1.29 is 14.3 Å². The quantitative estimate of drug-likeness (QED) is 0.899. The molecule has 0 saturated heterocycles. The lowest BCUT2D eigenvalue weighted by Gasteiger charge is -2.25. The van der Waals surface area contributed by atoms with E-state index >= 15 is 0 Å². The number of ether oxygens (including phenoxy) is 2. The van der Waals surface area contributed by atoms with E-state index in [0.717, 1.165) is 23.2 Å². The molecule has 25 heavy (non-hydrogen) atoms. The monoisotopic (exact) mass is 344 g/mol. The van der Waals surface area contributed by atoms with Crippen molar-refractivity contribution in [1.82, 2.24) is 20.1 Å². The van der Waals surface area contributed by atoms with Crippen LogP contribution in [0.3, 0.4) is 0 Å². The van der Waals surface area contributed by atoms with Crippen LogP contribution >= 0.6 is 0 Å². The molecule has 1 aliphatic heterocycles. The minimum absolute atomic E-state index is 0.0672. The number of aromatic nitrogens is 3. The highest BCUT2D eigenvalue weighted by Gasteiger charge is 2.30. The number of pyridine rings is 1. The van der Waals surface area contributed by atoms with E-state index in [-0.39, 0.29) is 18.1 Å². The minimum Gasteiger partial charge on any atom is -0.481 e. The summed E-state index contributed by atoms with van der Waals surface area (Å²) in [7, 11) is 3.39. The van der Waals surface area contributed by atoms with E-state index in [2.05, 4.69) is 15.2 Å². The molecular formula is C18H24N4O3. The zero-order valence-electron chi connectivity index (χ0n) is 15.1. The fourth-order valence-corrected chi connectivity index (χ4v) is 3.15. The fraction of sp³-hybridized carbons (Fsp3) is 0.500. The van der Waals surface area contributed by atoms with Gasteiger partial charge in [0, 0.05) is 37.8 Å². The van der Waals surface area contributed by atoms with Gasteiger partial charge in [-0.15, -0.1) is 0 Å². The van der Waals surface area contributed by atoms with E-state index in [1.165, 1.54) is 0 Å². The second-order valence-corrected chi connectivity index (χ2v) is 6.44. The van der Waals surface area contributed by atoms with Crippen LogP contribution < -0.4 is 4.74 Å². The van der Waals surface area contributed by atoms with Crippen molar-refractivity contribution in [3.8, 4) is 5.88 Å². The van der Waals surface area contributed by atoms with Crippen molar-refractivity contribution in [1.29, 1.82) is 0 Å². The Balaban J connectivity index is 1.69. The van der Waals surface area contributed by atoms with Crippen molar-refractivity contribution in [2.45, 2.75) is 38.9 Å². The summed E-state index contributed by atoms with van der Waals surface area (Å²) in [6.07, 6.45) is 3.16. The summed E-state index contributed by atoms with van der Waals surface area (Å²) in [6, 6.07) is 3.81. The number of methoxy groups -OCH3 is 1. The maximum absolute atomic E-state index is 12.8. The number of hydrogen-bond donors (Lipinski definition) is 1. The number of nitrogens with zero attached hydrogens (tertiary/aromatic N) is 3. The zero-order valence-corrected chi connectivity index (χ0v) is 15.1. The van der Waals surface area contributed by atoms with Gasteiger partial charge in [-0.1, -0.05) is 0 Å². The molecule has 2 atom stereocenters. The Morgan fingerprint density at radius 1 is 1.48 bits per heavy atom. The van der Waals surface area contributed by atoms with Gasteiger partial charge in [-0.05, 0) is 31.9 Å². The lowest BCUT2D eigenvalue weighted by Crippen LogP contribution is -2.31. The van der Waals surface area contributed by atoms with Gasteiger partial charge in [-0.3, -0.25) is 9.89 Å². The summed E-state index contributed by atoms with van der Waals surface area (Å²) in [5.41, 5.74) is 3.47. The van der Waals surface area contributed by atoms with Crippen molar-refractivity contribution in [2.24, 2.45) is 0 Å². The molecule has 2 aromatic rings. The van der Waals surface area contributed by atoms with E-state index in [1.54, 1.807) is 25.3 Å². The first kappa shape index (κ1) is 17.4. The molecular weight excluding hydrogens is 320 g/mol. The van der Waals surface area contributed by atoms with E-state index in [9.17, 15) is 4.79 Å². The van der Waals surface area contributed by atoms with Gasteiger partial charge in [-0.2, -0.15) is 5.10 Å². The molecule has 0 aliphatic carbocycles. The Bertz CT molecular complexity index is 759. The lowest BCUT2D eigenvalue weighted by atomic mass is 9.99. The molecule has 0 unspecified atom stereocenters. The Hall–Kier alpha value is -2.41. The predicted octanol–water partition coefficient (Wildman–Crippen LogP) is 2.15. The van der Waals surface area contributed by atoms with Crippen LogP contribution in [0.15, 0.2) is 18.3 Å². The maximum Gasteiger partial charge on any atom is 0.274 e. The molecule has 3 rings (SSSR count). The number of aromatic amines is 1. The van der Waals surface area contributed by atoms with Crippen LogP contribution in [0.25, 0.3) is 0 Å². The van der Waals surface area contributed by atoms with Crippen molar-refractivity contribution in [3.63, 3.8) is 0 Å². The largest absolute Gasteiger partial charge is 0.481 e. The number of hydrogen-bond acceptors (Lipinski definition) is 5. The van der Waals surface area contributed by atoms with Crippen LogP contribution in [0, 0.1) is 0 Å². The number of amides is 1. The van der Waals surface area contributed by atoms with Gasteiger partial charge in [0.05, 0.1) is 25.0 Å². The lowest BCUT2D eigenvalue weighted by molar-refractivity contribution is -0.00701. The molecule has 1 aliphatic rings. The molecule has 0 saturated carbocycles. The van der Waals surface area contributed by atoms with E-state index in [0.29, 0.717) is 24.5 Å². The molecule has 1 amide bonds. The standard InChI is InChI=1S/C18H24N4O3/c1-11-9-14-16(12(2)25-11)20-21-17(14)18(23)22(3)8-6-13-5-7-19-15(10-13)24-4/h5,7,10-12H,6,8-9H2,1-4H3,(H,20,21)/t11-,12+/m0/s1. The van der Waals surface area contributed by atoms with E-state index in [4.69, 9.17) is 9.47 Å². The van der Waals surface area contributed by atoms with Crippen LogP contribution in [0.4, 0.5) is 0 Å². The topological polar surface area (TPSA) is 80.3 Å². The van der Waals surface area contributed by atoms with Gasteiger partial charge in [-0.25, -0.2) is 4.98 Å². The number of likely N-dealkylation sites (N-methyl/N-ethyl adjacent to an activating group) is 1. The molecule has 3 heterocycles. The molecule has 7 heteroatoms. The number of fused-ring (bicyclic) bond motifs is 1. The highest BCUT2D eigenvalue weighted by atomic mass is 16.5. The summed E-state index contributed by atoms with van der Waals surface area (Å²) < 4.78 is 10.9. The Morgan fingerprint density at radius 2 is 2.28 bits per heavy atom. The summed E-state index contributed by atoms with van der Waals surface area (Å²) in [5, 5.41) is 7.23. The van der Waals surface area contributed by atoms with Gasteiger partial charge in [0.1, 0.15) is 0 Å². The average Bonchev–Trinajstić information content (AvgIpc) is 3.03. The normalized spacial score (nSPS) is 19.4. The molecule has 2 aromatic heterocycles. The fourth-order valence-electron chi connectivity index (χ4n) is 3.15. The molecule has 134 valence electrons. The first-order valence-electron chi connectivity index (χ1n) is 8.46. The number of carbonyl (C=O) groups excluding carboxylic acids is 1. The number of H-pyrrole nitrogens is 1. The van der Waals surface area contributed by atoms with Crippen LogP contribution in [-0.2, 0) is 17.6 Å². The van der Waals surface area contributed by atoms with Crippen LogP contribution in [-0.4, -0.2) is 52.8 Å². The van der Waals surface area contributed by atoms with Gasteiger partial charge in [0.25, 0.3) is 5.91 Å². The molecule has 0 bridgehead atoms. The molecule has 0 spiro atoms. The third kappa shape index (κ3) is 3.66. The van der Waals surface area contributed by atoms with E-state index < -0.39 is 0 Å². The third-order valence-electron chi connectivity index (χ3n) is 4.53. The Kier molecular flexibility index (Phi) is 5.03. The van der Waals surface area contributed by atoms with Crippen LogP contribution in [0.2, 0.25) is 0 Å². The molecule has 0 radical (unpaired) electrons. The second-order valence-electron chi connectivity index (χ2n) is 6.44. The maximum atomic E-state index is 12.8. The summed E-state index contributed by atoms with van der Waals surface area (Å²) in [6.45, 7) is 4.58. The van der Waals surface area contributed by atoms with Crippen molar-refractivity contribution >= 4 is 5.91 Å². The van der Waals surface area contributed by atoms with Gasteiger partial charge in [0.15, 0.2) is 5.69 Å². The number of rotatable bonds is 5. The smallest absolute Gasteiger partial charge is 0.274 e. The molecule has 0 aromatic carbocycles. The minimum atomic E-state index is -0.0696. The van der Waals surface area contributed by atoms with Crippen molar-refractivity contribution in [3.05, 3.63) is 40.8 Å². The van der Waals surface area contributed by atoms with Gasteiger partial charge in [0.2, 0.25) is 5.88 Å². The highest BCUT2D eigenvalue weighted by molar-refractivity contribution is 5.94. The number of nitrogens with one attached hydrogen (secondary N) is 1. The van der Waals surface area contributed by atoms with Gasteiger partial charge < -0.3 is 14.4 Å². The first-order valence-corrected chi connectivity index (χ1v) is 8.46. The van der Waals surface area contributed by atoms with Crippen LogP contribution in [0.1, 0.15) is 47.3 Å². The zero-order chi connectivity index (χ0) is 18.0. The average molecular weight is 344 g/mol. The van der Waals surface area contributed by atoms with Gasteiger partial charge >= 0.3 is 0 Å². The molecule has 0 fully saturated rings. The SMILES string of the molecule is COc1cc(CCN(C)C(=O)c2n[nH]c3c2C[C@H](C)O[C@@H]3C)ccn1. The highest BCUT2D eigenvalue weighted by Crippen LogP contribution is 2.30. The Labute approximate surface area is 147 Å². The predicted molar refractivity (Wildman–Crippen MR) is 92.7 cm³/mol. The van der Waals surface area contributed by atoms with Crippen LogP contribution in [0.5, 0.6) is 5.88 Å². The van der Waals surface area contributed by atoms with Crippen molar-refractivity contribution in [2.75, 3.05) is 20.7 Å². The molecule has 1 N–H and O–H groups in total. The van der Waals surface area contributed by atoms with E-state index in [1.807, 2.05) is 26.0 Å².